The molecule has 0 radical (unpaired) electrons. The lowest BCUT2D eigenvalue weighted by Crippen LogP contribution is -2.52. The molecule has 30 heavy (non-hydrogen) atoms. The first kappa shape index (κ1) is 22.0. The third-order valence-electron chi connectivity index (χ3n) is 7.47. The Balaban J connectivity index is 1.20. The molecule has 3 heterocycles. The molecule has 4 rings (SSSR count). The van der Waals surface area contributed by atoms with E-state index in [1.54, 1.807) is 0 Å². The van der Waals surface area contributed by atoms with E-state index in [2.05, 4.69) is 4.90 Å². The first-order valence-electron chi connectivity index (χ1n) is 12.0. The predicted octanol–water partition coefficient (Wildman–Crippen LogP) is 2.37. The Morgan fingerprint density at radius 1 is 0.867 bits per heavy atom. The molecule has 4 fully saturated rings. The molecule has 1 aliphatic carbocycles. The van der Waals surface area contributed by atoms with Crippen molar-refractivity contribution in [3.63, 3.8) is 0 Å². The minimum absolute atomic E-state index is 0.0574. The van der Waals surface area contributed by atoms with Crippen LogP contribution in [0.25, 0.3) is 0 Å². The summed E-state index contributed by atoms with van der Waals surface area (Å²) in [4.78, 5) is 29.0. The number of morpholine rings is 1. The number of amides is 2. The topological polar surface area (TPSA) is 68.3 Å². The SMILES string of the molecule is O=C(COC1CCOC2(CCN(C(=O)CC3CCCCC3)CC2)C1)N1CCOCC1. The third-order valence-corrected chi connectivity index (χ3v) is 7.47. The lowest BCUT2D eigenvalue weighted by Gasteiger charge is -2.46. The van der Waals surface area contributed by atoms with Crippen molar-refractivity contribution in [2.24, 2.45) is 5.92 Å². The van der Waals surface area contributed by atoms with Gasteiger partial charge < -0.3 is 24.0 Å². The highest BCUT2D eigenvalue weighted by Gasteiger charge is 2.42. The van der Waals surface area contributed by atoms with Crippen LogP contribution in [0.1, 0.15) is 64.2 Å². The quantitative estimate of drug-likeness (QED) is 0.680. The van der Waals surface area contributed by atoms with Gasteiger partial charge in [-0.05, 0) is 38.0 Å². The van der Waals surface area contributed by atoms with E-state index in [1.165, 1.54) is 32.1 Å². The van der Waals surface area contributed by atoms with Gasteiger partial charge in [0.25, 0.3) is 0 Å². The van der Waals surface area contributed by atoms with Crippen LogP contribution in [0.4, 0.5) is 0 Å². The molecule has 170 valence electrons. The van der Waals surface area contributed by atoms with Crippen molar-refractivity contribution in [1.29, 1.82) is 0 Å². The number of carbonyl (C=O) groups is 2. The van der Waals surface area contributed by atoms with Crippen LogP contribution >= 0.6 is 0 Å². The minimum Gasteiger partial charge on any atom is -0.378 e. The molecule has 1 saturated carbocycles. The summed E-state index contributed by atoms with van der Waals surface area (Å²) in [6.45, 7) is 4.93. The van der Waals surface area contributed by atoms with Crippen molar-refractivity contribution in [3.05, 3.63) is 0 Å². The number of nitrogens with zero attached hydrogens (tertiary/aromatic N) is 2. The van der Waals surface area contributed by atoms with Crippen molar-refractivity contribution in [1.82, 2.24) is 9.80 Å². The lowest BCUT2D eigenvalue weighted by molar-refractivity contribution is -0.168. The standard InChI is InChI=1S/C23H38N2O5/c26-21(16-19-4-2-1-3-5-19)24-9-7-23(8-10-24)17-20(6-13-30-23)29-18-22(27)25-11-14-28-15-12-25/h19-20H,1-18H2. The molecular weight excluding hydrogens is 384 g/mol. The van der Waals surface area contributed by atoms with E-state index in [1.807, 2.05) is 4.90 Å². The highest BCUT2D eigenvalue weighted by molar-refractivity contribution is 5.77. The van der Waals surface area contributed by atoms with Crippen LogP contribution in [-0.2, 0) is 23.8 Å². The molecule has 0 N–H and O–H groups in total. The highest BCUT2D eigenvalue weighted by Crippen LogP contribution is 2.37. The number of piperidine rings is 1. The first-order valence-corrected chi connectivity index (χ1v) is 12.0. The molecular formula is C23H38N2O5. The van der Waals surface area contributed by atoms with Crippen LogP contribution in [0.5, 0.6) is 0 Å². The predicted molar refractivity (Wildman–Crippen MR) is 112 cm³/mol. The number of rotatable bonds is 5. The van der Waals surface area contributed by atoms with E-state index in [4.69, 9.17) is 14.2 Å². The molecule has 7 heteroatoms. The lowest BCUT2D eigenvalue weighted by atomic mass is 9.82. The van der Waals surface area contributed by atoms with Gasteiger partial charge in [-0.15, -0.1) is 0 Å². The molecule has 4 aliphatic rings. The van der Waals surface area contributed by atoms with E-state index in [0.717, 1.165) is 45.2 Å². The van der Waals surface area contributed by atoms with Crippen LogP contribution in [-0.4, -0.2) is 85.9 Å². The van der Waals surface area contributed by atoms with Gasteiger partial charge in [-0.25, -0.2) is 0 Å². The van der Waals surface area contributed by atoms with Gasteiger partial charge in [-0.3, -0.25) is 9.59 Å². The number of ether oxygens (including phenoxy) is 3. The summed E-state index contributed by atoms with van der Waals surface area (Å²) < 4.78 is 17.5. The zero-order valence-electron chi connectivity index (χ0n) is 18.3. The van der Waals surface area contributed by atoms with Crippen molar-refractivity contribution in [2.75, 3.05) is 52.6 Å². The summed E-state index contributed by atoms with van der Waals surface area (Å²) in [5.74, 6) is 0.980. The Hall–Kier alpha value is -1.18. The summed E-state index contributed by atoms with van der Waals surface area (Å²) in [7, 11) is 0. The number of carbonyl (C=O) groups excluding carboxylic acids is 2. The van der Waals surface area contributed by atoms with E-state index < -0.39 is 0 Å². The fraction of sp³-hybridized carbons (Fsp3) is 0.913. The van der Waals surface area contributed by atoms with Crippen LogP contribution < -0.4 is 0 Å². The molecule has 3 saturated heterocycles. The molecule has 1 spiro atoms. The monoisotopic (exact) mass is 422 g/mol. The Morgan fingerprint density at radius 3 is 2.30 bits per heavy atom. The zero-order valence-corrected chi connectivity index (χ0v) is 18.3. The van der Waals surface area contributed by atoms with Crippen molar-refractivity contribution in [2.45, 2.75) is 75.9 Å². The van der Waals surface area contributed by atoms with Crippen LogP contribution in [0.15, 0.2) is 0 Å². The fourth-order valence-electron chi connectivity index (χ4n) is 5.50. The largest absolute Gasteiger partial charge is 0.378 e. The second-order valence-corrected chi connectivity index (χ2v) is 9.54. The Labute approximate surface area is 180 Å². The Bertz CT molecular complexity index is 578. The van der Waals surface area contributed by atoms with Crippen molar-refractivity contribution in [3.8, 4) is 0 Å². The molecule has 2 amide bonds. The van der Waals surface area contributed by atoms with Gasteiger partial charge in [-0.1, -0.05) is 19.3 Å². The average molecular weight is 423 g/mol. The van der Waals surface area contributed by atoms with E-state index >= 15 is 0 Å². The van der Waals surface area contributed by atoms with E-state index in [-0.39, 0.29) is 24.2 Å². The molecule has 3 aliphatic heterocycles. The fourth-order valence-corrected chi connectivity index (χ4v) is 5.50. The van der Waals surface area contributed by atoms with Gasteiger partial charge >= 0.3 is 0 Å². The molecule has 7 nitrogen and oxygen atoms in total. The summed E-state index contributed by atoms with van der Waals surface area (Å²) in [6.07, 6.45) is 10.5. The molecule has 0 aromatic heterocycles. The summed E-state index contributed by atoms with van der Waals surface area (Å²) >= 11 is 0. The summed E-state index contributed by atoms with van der Waals surface area (Å²) in [5.41, 5.74) is -0.188. The smallest absolute Gasteiger partial charge is 0.248 e. The normalized spacial score (nSPS) is 27.9. The second kappa shape index (κ2) is 10.4. The van der Waals surface area contributed by atoms with Crippen LogP contribution in [0, 0.1) is 5.92 Å². The van der Waals surface area contributed by atoms with Gasteiger partial charge in [0.15, 0.2) is 0 Å². The van der Waals surface area contributed by atoms with Gasteiger partial charge in [0.05, 0.1) is 24.9 Å². The van der Waals surface area contributed by atoms with Gasteiger partial charge in [0, 0.05) is 45.6 Å². The molecule has 1 atom stereocenters. The number of hydrogen-bond acceptors (Lipinski definition) is 5. The van der Waals surface area contributed by atoms with Gasteiger partial charge in [0.2, 0.25) is 11.8 Å². The Morgan fingerprint density at radius 2 is 1.57 bits per heavy atom. The van der Waals surface area contributed by atoms with Gasteiger partial charge in [-0.2, -0.15) is 0 Å². The van der Waals surface area contributed by atoms with Crippen LogP contribution in [0.2, 0.25) is 0 Å². The molecule has 1 unspecified atom stereocenters. The van der Waals surface area contributed by atoms with Crippen molar-refractivity contribution < 1.29 is 23.8 Å². The zero-order chi connectivity index (χ0) is 20.8. The number of likely N-dealkylation sites (tertiary alicyclic amines) is 1. The third kappa shape index (κ3) is 5.74. The maximum Gasteiger partial charge on any atom is 0.248 e. The molecule has 0 aromatic carbocycles. The van der Waals surface area contributed by atoms with E-state index in [0.29, 0.717) is 44.7 Å². The maximum absolute atomic E-state index is 12.7. The summed E-state index contributed by atoms with van der Waals surface area (Å²) in [6, 6.07) is 0. The molecule has 0 aromatic rings. The highest BCUT2D eigenvalue weighted by atomic mass is 16.5. The second-order valence-electron chi connectivity index (χ2n) is 9.54. The van der Waals surface area contributed by atoms with Crippen molar-refractivity contribution >= 4 is 11.8 Å². The molecule has 0 bridgehead atoms. The number of hydrogen-bond donors (Lipinski definition) is 0. The first-order chi connectivity index (χ1) is 14.6. The van der Waals surface area contributed by atoms with Crippen LogP contribution in [0.3, 0.4) is 0 Å². The minimum atomic E-state index is -0.188. The summed E-state index contributed by atoms with van der Waals surface area (Å²) in [5, 5.41) is 0. The maximum atomic E-state index is 12.7. The Kier molecular flexibility index (Phi) is 7.65. The average Bonchev–Trinajstić information content (AvgIpc) is 2.79. The van der Waals surface area contributed by atoms with Gasteiger partial charge in [0.1, 0.15) is 6.61 Å². The van der Waals surface area contributed by atoms with E-state index in [9.17, 15) is 9.59 Å².